The zero-order chi connectivity index (χ0) is 57.1. The van der Waals surface area contributed by atoms with Crippen molar-refractivity contribution in [1.82, 2.24) is 0 Å². The van der Waals surface area contributed by atoms with Gasteiger partial charge in [0.2, 0.25) is 0 Å². The number of carbonyl (C=O) groups is 3. The van der Waals surface area contributed by atoms with Gasteiger partial charge in [-0.2, -0.15) is 0 Å². The van der Waals surface area contributed by atoms with Crippen molar-refractivity contribution < 1.29 is 28.6 Å². The van der Waals surface area contributed by atoms with E-state index in [1.54, 1.807) is 0 Å². The minimum absolute atomic E-state index is 0.0995. The summed E-state index contributed by atoms with van der Waals surface area (Å²) in [5.41, 5.74) is 0. The van der Waals surface area contributed by atoms with Crippen LogP contribution in [0.25, 0.3) is 0 Å². The average Bonchev–Trinajstić information content (AvgIpc) is 3.45. The van der Waals surface area contributed by atoms with Gasteiger partial charge in [-0.25, -0.2) is 0 Å². The highest BCUT2D eigenvalue weighted by Gasteiger charge is 2.19. The molecule has 444 valence electrons. The lowest BCUT2D eigenvalue weighted by Crippen LogP contribution is -2.30. The molecule has 0 rings (SSSR count). The Labute approximate surface area is 486 Å². The van der Waals surface area contributed by atoms with Crippen LogP contribution in [0, 0.1) is 0 Å². The number of esters is 3. The summed E-state index contributed by atoms with van der Waals surface area (Å²) in [7, 11) is 0. The lowest BCUT2D eigenvalue weighted by Gasteiger charge is -2.18. The lowest BCUT2D eigenvalue weighted by atomic mass is 10.1. The van der Waals surface area contributed by atoms with E-state index in [1.165, 1.54) is 44.9 Å². The van der Waals surface area contributed by atoms with Gasteiger partial charge >= 0.3 is 17.9 Å². The minimum Gasteiger partial charge on any atom is -0.462 e. The first-order chi connectivity index (χ1) is 39.0. The van der Waals surface area contributed by atoms with Crippen molar-refractivity contribution in [1.29, 1.82) is 0 Å². The number of ether oxygens (including phenoxy) is 3. The molecule has 0 radical (unpaired) electrons. The molecule has 0 fully saturated rings. The molecule has 0 saturated heterocycles. The maximum atomic E-state index is 12.9. The van der Waals surface area contributed by atoms with Crippen LogP contribution in [0.5, 0.6) is 0 Å². The van der Waals surface area contributed by atoms with Gasteiger partial charge in [0, 0.05) is 19.3 Å². The summed E-state index contributed by atoms with van der Waals surface area (Å²) < 4.78 is 16.9. The predicted molar refractivity (Wildman–Crippen MR) is 343 cm³/mol. The van der Waals surface area contributed by atoms with E-state index in [1.807, 2.05) is 0 Å². The Balaban J connectivity index is 4.40. The average molecular weight is 1090 g/mol. The van der Waals surface area contributed by atoms with Gasteiger partial charge < -0.3 is 14.2 Å². The second kappa shape index (κ2) is 65.5. The Morgan fingerprint density at radius 2 is 0.494 bits per heavy atom. The van der Waals surface area contributed by atoms with Crippen LogP contribution in [-0.2, 0) is 28.6 Å². The van der Waals surface area contributed by atoms with Gasteiger partial charge in [0.1, 0.15) is 13.2 Å². The van der Waals surface area contributed by atoms with Crippen LogP contribution >= 0.6 is 0 Å². The SMILES string of the molecule is CC/C=C\C/C=C\C/C=C\C/C=C\C/C=C\C/C=C\C/C=C\CCCCCCCC(=O)OCC(COC(=O)CCCCCCC/C=C\CCCC)OC(=O)CCCCCCCCC/C=C\C/C=C\C/C=C\C/C=C\C/C=C\CC. The van der Waals surface area contributed by atoms with Crippen LogP contribution in [0.15, 0.2) is 158 Å². The van der Waals surface area contributed by atoms with E-state index in [2.05, 4.69) is 179 Å². The fraction of sp³-hybridized carbons (Fsp3) is 0.603. The molecule has 6 nitrogen and oxygen atoms in total. The molecule has 0 aromatic rings. The minimum atomic E-state index is -0.804. The van der Waals surface area contributed by atoms with E-state index >= 15 is 0 Å². The highest BCUT2D eigenvalue weighted by atomic mass is 16.6. The summed E-state index contributed by atoms with van der Waals surface area (Å²) >= 11 is 0. The van der Waals surface area contributed by atoms with Crippen molar-refractivity contribution in [3.63, 3.8) is 0 Å². The largest absolute Gasteiger partial charge is 0.462 e. The topological polar surface area (TPSA) is 78.9 Å². The predicted octanol–water partition coefficient (Wildman–Crippen LogP) is 22.1. The second-order valence-corrected chi connectivity index (χ2v) is 20.5. The van der Waals surface area contributed by atoms with Gasteiger partial charge in [0.15, 0.2) is 6.10 Å². The molecule has 0 aromatic heterocycles. The summed E-state index contributed by atoms with van der Waals surface area (Å²) in [6, 6.07) is 0. The van der Waals surface area contributed by atoms with Gasteiger partial charge in [-0.1, -0.05) is 262 Å². The molecule has 1 unspecified atom stereocenters. The van der Waals surface area contributed by atoms with Gasteiger partial charge in [0.05, 0.1) is 0 Å². The van der Waals surface area contributed by atoms with Gasteiger partial charge in [-0.05, 0) is 141 Å². The molecule has 0 N–H and O–H groups in total. The highest BCUT2D eigenvalue weighted by Crippen LogP contribution is 2.14. The normalized spacial score (nSPS) is 13.2. The first-order valence-corrected chi connectivity index (χ1v) is 32.0. The molecular weight excluding hydrogens is 973 g/mol. The summed E-state index contributed by atoms with van der Waals surface area (Å²) in [5.74, 6) is -0.943. The van der Waals surface area contributed by atoms with Crippen LogP contribution in [-0.4, -0.2) is 37.2 Å². The molecule has 0 aliphatic rings. The molecule has 1 atom stereocenters. The molecule has 0 aliphatic heterocycles. The first-order valence-electron chi connectivity index (χ1n) is 32.0. The van der Waals surface area contributed by atoms with E-state index < -0.39 is 6.10 Å². The number of hydrogen-bond donors (Lipinski definition) is 0. The Hall–Kier alpha value is -4.97. The molecule has 0 aromatic carbocycles. The first kappa shape index (κ1) is 74.0. The third-order valence-electron chi connectivity index (χ3n) is 13.0. The van der Waals surface area contributed by atoms with E-state index in [0.717, 1.165) is 180 Å². The molecule has 0 spiro atoms. The Morgan fingerprint density at radius 3 is 0.785 bits per heavy atom. The zero-order valence-electron chi connectivity index (χ0n) is 50.8. The molecular formula is C73H116O6. The molecule has 0 saturated carbocycles. The van der Waals surface area contributed by atoms with Crippen LogP contribution in [0.2, 0.25) is 0 Å². The van der Waals surface area contributed by atoms with Gasteiger partial charge in [-0.15, -0.1) is 0 Å². The molecule has 0 aliphatic carbocycles. The van der Waals surface area contributed by atoms with Crippen LogP contribution < -0.4 is 0 Å². The summed E-state index contributed by atoms with van der Waals surface area (Å²) in [5, 5.41) is 0. The Morgan fingerprint density at radius 1 is 0.266 bits per heavy atom. The molecule has 0 heterocycles. The fourth-order valence-electron chi connectivity index (χ4n) is 8.25. The summed E-state index contributed by atoms with van der Waals surface area (Å²) in [6.07, 6.45) is 95.3. The smallest absolute Gasteiger partial charge is 0.306 e. The van der Waals surface area contributed by atoms with Crippen molar-refractivity contribution in [2.45, 2.75) is 271 Å². The molecule has 6 heteroatoms. The quantitative estimate of drug-likeness (QED) is 0.0261. The number of rotatable bonds is 56. The van der Waals surface area contributed by atoms with Crippen molar-refractivity contribution in [3.05, 3.63) is 158 Å². The van der Waals surface area contributed by atoms with Crippen molar-refractivity contribution in [2.75, 3.05) is 13.2 Å². The Bertz CT molecular complexity index is 1780. The molecule has 79 heavy (non-hydrogen) atoms. The summed E-state index contributed by atoms with van der Waals surface area (Å²) in [6.45, 7) is 6.34. The number of allylic oxidation sites excluding steroid dienone is 26. The van der Waals surface area contributed by atoms with E-state index in [0.29, 0.717) is 19.3 Å². The van der Waals surface area contributed by atoms with Crippen molar-refractivity contribution in [3.8, 4) is 0 Å². The van der Waals surface area contributed by atoms with Gasteiger partial charge in [-0.3, -0.25) is 14.4 Å². The van der Waals surface area contributed by atoms with E-state index in [9.17, 15) is 14.4 Å². The third-order valence-corrected chi connectivity index (χ3v) is 13.0. The number of carbonyl (C=O) groups excluding carboxylic acids is 3. The lowest BCUT2D eigenvalue weighted by molar-refractivity contribution is -0.167. The molecule has 0 amide bonds. The van der Waals surface area contributed by atoms with E-state index in [4.69, 9.17) is 14.2 Å². The standard InChI is InChI=1S/C73H116O6/c1-4-7-10-13-16-19-22-24-26-28-30-32-34-35-36-37-39-40-42-44-46-48-51-54-57-60-63-66-72(75)78-69-70(68-77-71(74)65-62-59-56-53-50-21-18-15-12-9-6-3)79-73(76)67-64-61-58-55-52-49-47-45-43-41-38-33-31-29-27-25-23-20-17-14-11-8-5-2/h7-8,10-11,15-20,24-27,30-33,35-36,39-41,43-44,46,70H,4-6,9,12-14,21-23,28-29,34,37-38,42,45,47-69H2,1-3H3/b10-7-,11-8-,18-15-,19-16-,20-17-,26-24-,27-25-,32-30-,33-31-,36-35-,40-39-,43-41-,46-44-. The van der Waals surface area contributed by atoms with Crippen molar-refractivity contribution in [2.24, 2.45) is 0 Å². The third kappa shape index (κ3) is 63.7. The highest BCUT2D eigenvalue weighted by molar-refractivity contribution is 5.71. The Kier molecular flexibility index (Phi) is 61.4. The number of unbranched alkanes of at least 4 members (excludes halogenated alkanes) is 19. The maximum Gasteiger partial charge on any atom is 0.306 e. The van der Waals surface area contributed by atoms with Crippen LogP contribution in [0.1, 0.15) is 265 Å². The van der Waals surface area contributed by atoms with Crippen LogP contribution in [0.4, 0.5) is 0 Å². The zero-order valence-corrected chi connectivity index (χ0v) is 50.8. The number of hydrogen-bond acceptors (Lipinski definition) is 6. The fourth-order valence-corrected chi connectivity index (χ4v) is 8.25. The second-order valence-electron chi connectivity index (χ2n) is 20.5. The maximum absolute atomic E-state index is 12.9. The van der Waals surface area contributed by atoms with Crippen molar-refractivity contribution >= 4 is 17.9 Å². The van der Waals surface area contributed by atoms with Gasteiger partial charge in [0.25, 0.3) is 0 Å². The van der Waals surface area contributed by atoms with E-state index in [-0.39, 0.29) is 31.1 Å². The monoisotopic (exact) mass is 1090 g/mol. The molecule has 0 bridgehead atoms. The summed E-state index contributed by atoms with van der Waals surface area (Å²) in [4.78, 5) is 38.3. The van der Waals surface area contributed by atoms with Crippen LogP contribution in [0.3, 0.4) is 0 Å².